The first-order valence-corrected chi connectivity index (χ1v) is 9.70. The number of nitrogens with zero attached hydrogens (tertiary/aromatic N) is 4. The lowest BCUT2D eigenvalue weighted by Crippen LogP contribution is -2.07. The zero-order chi connectivity index (χ0) is 20.1. The Bertz CT molecular complexity index is 945. The minimum Gasteiger partial charge on any atom is -0.476 e. The first-order chi connectivity index (χ1) is 13.5. The van der Waals surface area contributed by atoms with Crippen molar-refractivity contribution in [2.75, 3.05) is 0 Å². The molecule has 0 radical (unpaired) electrons. The Hall–Kier alpha value is -3.02. The number of hydrogen-bond donors (Lipinski definition) is 1. The smallest absolute Gasteiger partial charge is 0.355 e. The third-order valence-corrected chi connectivity index (χ3v) is 4.64. The maximum atomic E-state index is 11.4. The van der Waals surface area contributed by atoms with E-state index >= 15 is 0 Å². The molecule has 0 aliphatic heterocycles. The number of aromatic carboxylic acids is 1. The molecule has 146 valence electrons. The monoisotopic (exact) mass is 378 g/mol. The predicted molar refractivity (Wildman–Crippen MR) is 108 cm³/mol. The molecule has 2 aromatic heterocycles. The number of unbranched alkanes of at least 4 members (excludes halogenated alkanes) is 1. The lowest BCUT2D eigenvalue weighted by molar-refractivity contribution is 0.0691. The van der Waals surface area contributed by atoms with E-state index in [1.54, 1.807) is 12.1 Å². The highest BCUT2D eigenvalue weighted by atomic mass is 16.4. The topological polar surface area (TPSA) is 80.9 Å². The normalized spacial score (nSPS) is 11.1. The van der Waals surface area contributed by atoms with E-state index in [0.29, 0.717) is 18.0 Å². The number of hydrogen-bond acceptors (Lipinski definition) is 4. The molecule has 3 rings (SSSR count). The molecule has 0 saturated heterocycles. The Kier molecular flexibility index (Phi) is 6.19. The molecular weight excluding hydrogens is 352 g/mol. The van der Waals surface area contributed by atoms with Gasteiger partial charge in [0.2, 0.25) is 0 Å². The summed E-state index contributed by atoms with van der Waals surface area (Å²) in [6.07, 6.45) is 4.63. The summed E-state index contributed by atoms with van der Waals surface area (Å²) < 4.78 is 1.99. The molecule has 1 N–H and O–H groups in total. The number of benzene rings is 1. The van der Waals surface area contributed by atoms with Crippen LogP contribution < -0.4 is 0 Å². The highest BCUT2D eigenvalue weighted by molar-refractivity contribution is 5.93. The molecule has 0 amide bonds. The molecule has 28 heavy (non-hydrogen) atoms. The van der Waals surface area contributed by atoms with Gasteiger partial charge in [-0.2, -0.15) is 5.10 Å². The third-order valence-electron chi connectivity index (χ3n) is 4.64. The van der Waals surface area contributed by atoms with Crippen LogP contribution in [0.25, 0.3) is 11.1 Å². The fraction of sp³-hybridized carbons (Fsp3) is 0.364. The van der Waals surface area contributed by atoms with Gasteiger partial charge in [0, 0.05) is 24.1 Å². The summed E-state index contributed by atoms with van der Waals surface area (Å²) in [4.78, 5) is 20.1. The van der Waals surface area contributed by atoms with Gasteiger partial charge < -0.3 is 5.11 Å². The summed E-state index contributed by atoms with van der Waals surface area (Å²) in [5.74, 6) is 1.17. The molecule has 6 heteroatoms. The fourth-order valence-corrected chi connectivity index (χ4v) is 3.06. The van der Waals surface area contributed by atoms with Crippen LogP contribution in [0.1, 0.15) is 67.2 Å². The zero-order valence-electron chi connectivity index (χ0n) is 16.6. The van der Waals surface area contributed by atoms with Crippen LogP contribution in [-0.2, 0) is 13.0 Å². The summed E-state index contributed by atoms with van der Waals surface area (Å²) in [7, 11) is 0. The van der Waals surface area contributed by atoms with E-state index in [1.807, 2.05) is 28.9 Å². The maximum Gasteiger partial charge on any atom is 0.355 e. The van der Waals surface area contributed by atoms with Gasteiger partial charge in [0.25, 0.3) is 0 Å². The summed E-state index contributed by atoms with van der Waals surface area (Å²) in [5.41, 5.74) is 2.62. The van der Waals surface area contributed by atoms with E-state index in [0.717, 1.165) is 42.0 Å². The molecule has 0 fully saturated rings. The van der Waals surface area contributed by atoms with Crippen LogP contribution in [0.3, 0.4) is 0 Å². The standard InChI is InChI=1S/C22H26N4O2/c1-4-5-8-19-24-21(15(2)3)25-26(19)14-16-9-11-17(12-10-16)18-7-6-13-23-20(18)22(27)28/h6-7,9-13,15H,4-5,8,14H2,1-3H3,(H,27,28). The molecule has 2 heterocycles. The first-order valence-electron chi connectivity index (χ1n) is 9.70. The average molecular weight is 378 g/mol. The molecule has 0 aliphatic carbocycles. The molecule has 0 unspecified atom stereocenters. The van der Waals surface area contributed by atoms with Crippen LogP contribution >= 0.6 is 0 Å². The van der Waals surface area contributed by atoms with Gasteiger partial charge in [-0.1, -0.05) is 57.5 Å². The minimum absolute atomic E-state index is 0.0648. The highest BCUT2D eigenvalue weighted by Crippen LogP contribution is 2.23. The van der Waals surface area contributed by atoms with E-state index < -0.39 is 5.97 Å². The van der Waals surface area contributed by atoms with E-state index in [-0.39, 0.29) is 5.69 Å². The molecule has 0 saturated carbocycles. The van der Waals surface area contributed by atoms with Crippen LogP contribution in [-0.4, -0.2) is 30.8 Å². The van der Waals surface area contributed by atoms with Gasteiger partial charge in [0.1, 0.15) is 5.82 Å². The first kappa shape index (κ1) is 19.7. The number of carbonyl (C=O) groups is 1. The number of aryl methyl sites for hydroxylation is 1. The Morgan fingerprint density at radius 3 is 2.57 bits per heavy atom. The molecule has 0 spiro atoms. The maximum absolute atomic E-state index is 11.4. The average Bonchev–Trinajstić information content (AvgIpc) is 3.10. The molecule has 0 bridgehead atoms. The zero-order valence-corrected chi connectivity index (χ0v) is 16.6. The van der Waals surface area contributed by atoms with Gasteiger partial charge in [-0.05, 0) is 23.6 Å². The summed E-state index contributed by atoms with van der Waals surface area (Å²) in [5, 5.41) is 14.0. The lowest BCUT2D eigenvalue weighted by atomic mass is 10.0. The van der Waals surface area contributed by atoms with E-state index in [1.165, 1.54) is 6.20 Å². The van der Waals surface area contributed by atoms with Crippen LogP contribution in [0.4, 0.5) is 0 Å². The molecule has 1 aromatic carbocycles. The SMILES string of the molecule is CCCCc1nc(C(C)C)nn1Cc1ccc(-c2cccnc2C(=O)O)cc1. The van der Waals surface area contributed by atoms with E-state index in [2.05, 4.69) is 25.8 Å². The number of aromatic nitrogens is 4. The Morgan fingerprint density at radius 2 is 1.93 bits per heavy atom. The van der Waals surface area contributed by atoms with Gasteiger partial charge in [0.15, 0.2) is 11.5 Å². The summed E-state index contributed by atoms with van der Waals surface area (Å²) in [6, 6.07) is 11.4. The van der Waals surface area contributed by atoms with Crippen molar-refractivity contribution >= 4 is 5.97 Å². The fourth-order valence-electron chi connectivity index (χ4n) is 3.06. The number of rotatable bonds is 8. The predicted octanol–water partition coefficient (Wildman–Crippen LogP) is 4.55. The second-order valence-electron chi connectivity index (χ2n) is 7.20. The van der Waals surface area contributed by atoms with Crippen LogP contribution in [0.5, 0.6) is 0 Å². The minimum atomic E-state index is -1.02. The Morgan fingerprint density at radius 1 is 1.18 bits per heavy atom. The van der Waals surface area contributed by atoms with Crippen molar-refractivity contribution in [1.29, 1.82) is 0 Å². The van der Waals surface area contributed by atoms with Gasteiger partial charge in [-0.25, -0.2) is 19.4 Å². The number of carboxylic acid groups (broad SMARTS) is 1. The number of carboxylic acids is 1. The molecular formula is C22H26N4O2. The lowest BCUT2D eigenvalue weighted by Gasteiger charge is -2.08. The Balaban J connectivity index is 1.84. The van der Waals surface area contributed by atoms with Crippen molar-refractivity contribution in [1.82, 2.24) is 19.7 Å². The van der Waals surface area contributed by atoms with Crippen molar-refractivity contribution in [3.05, 3.63) is 65.5 Å². The van der Waals surface area contributed by atoms with Crippen molar-refractivity contribution < 1.29 is 9.90 Å². The van der Waals surface area contributed by atoms with Crippen molar-refractivity contribution in [3.63, 3.8) is 0 Å². The number of pyridine rings is 1. The largest absolute Gasteiger partial charge is 0.476 e. The van der Waals surface area contributed by atoms with Crippen LogP contribution in [0.2, 0.25) is 0 Å². The van der Waals surface area contributed by atoms with Gasteiger partial charge in [-0.15, -0.1) is 0 Å². The summed E-state index contributed by atoms with van der Waals surface area (Å²) in [6.45, 7) is 7.03. The third kappa shape index (κ3) is 4.44. The van der Waals surface area contributed by atoms with Crippen molar-refractivity contribution in [2.45, 2.75) is 52.5 Å². The molecule has 3 aromatic rings. The van der Waals surface area contributed by atoms with Crippen molar-refractivity contribution in [3.8, 4) is 11.1 Å². The van der Waals surface area contributed by atoms with Gasteiger partial charge in [0.05, 0.1) is 6.54 Å². The van der Waals surface area contributed by atoms with Crippen LogP contribution in [0, 0.1) is 0 Å². The molecule has 6 nitrogen and oxygen atoms in total. The van der Waals surface area contributed by atoms with E-state index in [4.69, 9.17) is 10.1 Å². The van der Waals surface area contributed by atoms with Gasteiger partial charge in [-0.3, -0.25) is 0 Å². The second-order valence-corrected chi connectivity index (χ2v) is 7.20. The summed E-state index contributed by atoms with van der Waals surface area (Å²) >= 11 is 0. The molecule has 0 aliphatic rings. The van der Waals surface area contributed by atoms with Gasteiger partial charge >= 0.3 is 5.97 Å². The molecule has 0 atom stereocenters. The Labute approximate surface area is 165 Å². The van der Waals surface area contributed by atoms with Crippen LogP contribution in [0.15, 0.2) is 42.6 Å². The van der Waals surface area contributed by atoms with Crippen molar-refractivity contribution in [2.24, 2.45) is 0 Å². The van der Waals surface area contributed by atoms with E-state index in [9.17, 15) is 9.90 Å². The quantitative estimate of drug-likeness (QED) is 0.622. The second kappa shape index (κ2) is 8.78. The highest BCUT2D eigenvalue weighted by Gasteiger charge is 2.14.